The van der Waals surface area contributed by atoms with Gasteiger partial charge in [-0.3, -0.25) is 4.79 Å². The molecule has 0 heterocycles. The molecule has 0 fully saturated rings. The predicted octanol–water partition coefficient (Wildman–Crippen LogP) is 3.86. The first-order valence-corrected chi connectivity index (χ1v) is 10.3. The van der Waals surface area contributed by atoms with Gasteiger partial charge in [-0.15, -0.1) is 0 Å². The summed E-state index contributed by atoms with van der Waals surface area (Å²) in [7, 11) is -3.61. The average molecular weight is 395 g/mol. The van der Waals surface area contributed by atoms with Gasteiger partial charge in [0.1, 0.15) is 0 Å². The fraction of sp³-hybridized carbons (Fsp3) is 0.316. The Morgan fingerprint density at radius 2 is 1.77 bits per heavy atom. The summed E-state index contributed by atoms with van der Waals surface area (Å²) in [5.41, 5.74) is 1.17. The fourth-order valence-electron chi connectivity index (χ4n) is 2.65. The summed E-state index contributed by atoms with van der Waals surface area (Å²) in [4.78, 5) is 12.7. The zero-order valence-corrected chi connectivity index (χ0v) is 16.6. The summed E-state index contributed by atoms with van der Waals surface area (Å²) in [5, 5.41) is 3.46. The highest BCUT2D eigenvalue weighted by Gasteiger charge is 2.22. The Morgan fingerprint density at radius 3 is 2.38 bits per heavy atom. The molecule has 1 unspecified atom stereocenters. The van der Waals surface area contributed by atoms with Gasteiger partial charge >= 0.3 is 0 Å². The van der Waals surface area contributed by atoms with Gasteiger partial charge in [-0.2, -0.15) is 4.31 Å². The van der Waals surface area contributed by atoms with Crippen molar-refractivity contribution in [2.45, 2.75) is 31.7 Å². The Morgan fingerprint density at radius 1 is 1.12 bits per heavy atom. The molecule has 1 amide bonds. The Hall–Kier alpha value is -1.89. The number of nitrogens with one attached hydrogen (secondary N) is 1. The number of carbonyl (C=O) groups is 1. The van der Waals surface area contributed by atoms with Crippen molar-refractivity contribution in [3.8, 4) is 0 Å². The summed E-state index contributed by atoms with van der Waals surface area (Å²) in [6, 6.07) is 13.1. The van der Waals surface area contributed by atoms with Crippen molar-refractivity contribution in [3.63, 3.8) is 0 Å². The van der Waals surface area contributed by atoms with Crippen molar-refractivity contribution in [2.24, 2.45) is 0 Å². The number of nitrogens with zero attached hydrogens (tertiary/aromatic N) is 1. The number of rotatable bonds is 7. The largest absolute Gasteiger partial charge is 0.346 e. The topological polar surface area (TPSA) is 66.5 Å². The molecule has 0 aliphatic rings. The van der Waals surface area contributed by atoms with E-state index in [-0.39, 0.29) is 16.8 Å². The van der Waals surface area contributed by atoms with Crippen molar-refractivity contribution in [1.82, 2.24) is 9.62 Å². The van der Waals surface area contributed by atoms with Crippen molar-refractivity contribution >= 4 is 27.5 Å². The number of hydrogen-bond donors (Lipinski definition) is 1. The van der Waals surface area contributed by atoms with Crippen LogP contribution in [-0.4, -0.2) is 31.7 Å². The minimum absolute atomic E-state index is 0.115. The molecule has 140 valence electrons. The first kappa shape index (κ1) is 20.4. The number of sulfonamides is 1. The van der Waals surface area contributed by atoms with Crippen LogP contribution in [0.25, 0.3) is 0 Å². The Labute approximate surface area is 160 Å². The van der Waals surface area contributed by atoms with Crippen molar-refractivity contribution in [1.29, 1.82) is 0 Å². The molecule has 2 aromatic carbocycles. The molecule has 0 spiro atoms. The van der Waals surface area contributed by atoms with Crippen LogP contribution in [0.5, 0.6) is 0 Å². The summed E-state index contributed by atoms with van der Waals surface area (Å²) < 4.78 is 26.6. The zero-order valence-electron chi connectivity index (χ0n) is 15.1. The number of benzene rings is 2. The fourth-order valence-corrected chi connectivity index (χ4v) is 4.35. The summed E-state index contributed by atoms with van der Waals surface area (Å²) in [5.74, 6) is -0.339. The molecule has 0 aliphatic heterocycles. The third-order valence-corrected chi connectivity index (χ3v) is 6.42. The SMILES string of the molecule is CCN(CC)S(=O)(=O)c1cccc(C(=O)NC(C)c2cccc(Cl)c2)c1. The van der Waals surface area contributed by atoms with Gasteiger partial charge in [0.2, 0.25) is 10.0 Å². The molecule has 2 rings (SSSR count). The van der Waals surface area contributed by atoms with E-state index in [0.717, 1.165) is 5.56 Å². The molecular formula is C19H23ClN2O3S. The van der Waals surface area contributed by atoms with E-state index in [2.05, 4.69) is 5.32 Å². The van der Waals surface area contributed by atoms with E-state index < -0.39 is 10.0 Å². The summed E-state index contributed by atoms with van der Waals surface area (Å²) in [6.07, 6.45) is 0. The van der Waals surface area contributed by atoms with Crippen LogP contribution in [0.3, 0.4) is 0 Å². The second-order valence-electron chi connectivity index (χ2n) is 5.87. The molecule has 0 saturated carbocycles. The van der Waals surface area contributed by atoms with Crippen LogP contribution in [0, 0.1) is 0 Å². The Balaban J connectivity index is 2.23. The third kappa shape index (κ3) is 4.63. The van der Waals surface area contributed by atoms with Crippen LogP contribution in [0.4, 0.5) is 0 Å². The molecule has 7 heteroatoms. The van der Waals surface area contributed by atoms with Gasteiger partial charge in [0.25, 0.3) is 5.91 Å². The van der Waals surface area contributed by atoms with Gasteiger partial charge in [-0.1, -0.05) is 43.6 Å². The smallest absolute Gasteiger partial charge is 0.251 e. The average Bonchev–Trinajstić information content (AvgIpc) is 2.62. The number of amides is 1. The van der Waals surface area contributed by atoms with Gasteiger partial charge in [0.05, 0.1) is 10.9 Å². The molecule has 0 aliphatic carbocycles. The molecule has 26 heavy (non-hydrogen) atoms. The third-order valence-electron chi connectivity index (χ3n) is 4.14. The second kappa shape index (κ2) is 8.66. The maximum absolute atomic E-state index is 12.6. The molecule has 2 aromatic rings. The van der Waals surface area contributed by atoms with E-state index >= 15 is 0 Å². The number of hydrogen-bond acceptors (Lipinski definition) is 3. The van der Waals surface area contributed by atoms with E-state index in [9.17, 15) is 13.2 Å². The first-order chi connectivity index (χ1) is 12.3. The molecule has 0 saturated heterocycles. The van der Waals surface area contributed by atoms with Gasteiger partial charge in [0, 0.05) is 23.7 Å². The second-order valence-corrected chi connectivity index (χ2v) is 8.24. The predicted molar refractivity (Wildman–Crippen MR) is 104 cm³/mol. The van der Waals surface area contributed by atoms with Crippen LogP contribution < -0.4 is 5.32 Å². The lowest BCUT2D eigenvalue weighted by Crippen LogP contribution is -2.31. The van der Waals surface area contributed by atoms with Crippen LogP contribution in [0.2, 0.25) is 5.02 Å². The molecule has 5 nitrogen and oxygen atoms in total. The molecule has 1 atom stereocenters. The lowest BCUT2D eigenvalue weighted by Gasteiger charge is -2.19. The lowest BCUT2D eigenvalue weighted by molar-refractivity contribution is 0.0939. The van der Waals surface area contributed by atoms with Crippen molar-refractivity contribution in [3.05, 3.63) is 64.7 Å². The Kier molecular flexibility index (Phi) is 6.81. The zero-order chi connectivity index (χ0) is 19.3. The number of carbonyl (C=O) groups excluding carboxylic acids is 1. The van der Waals surface area contributed by atoms with Gasteiger partial charge in [-0.25, -0.2) is 8.42 Å². The lowest BCUT2D eigenvalue weighted by atomic mass is 10.1. The monoisotopic (exact) mass is 394 g/mol. The highest BCUT2D eigenvalue weighted by Crippen LogP contribution is 2.20. The van der Waals surface area contributed by atoms with Gasteiger partial charge in [0.15, 0.2) is 0 Å². The van der Waals surface area contributed by atoms with Crippen LogP contribution >= 0.6 is 11.6 Å². The maximum Gasteiger partial charge on any atom is 0.251 e. The minimum atomic E-state index is -3.61. The van der Waals surface area contributed by atoms with Crippen LogP contribution in [0.1, 0.15) is 42.7 Å². The van der Waals surface area contributed by atoms with Crippen molar-refractivity contribution < 1.29 is 13.2 Å². The van der Waals surface area contributed by atoms with E-state index in [1.165, 1.54) is 16.4 Å². The highest BCUT2D eigenvalue weighted by molar-refractivity contribution is 7.89. The van der Waals surface area contributed by atoms with E-state index in [1.807, 2.05) is 19.1 Å². The van der Waals surface area contributed by atoms with Crippen LogP contribution in [-0.2, 0) is 10.0 Å². The maximum atomic E-state index is 12.6. The standard InChI is InChI=1S/C19H23ClN2O3S/c1-4-22(5-2)26(24,25)18-11-7-9-16(13-18)19(23)21-14(3)15-8-6-10-17(20)12-15/h6-14H,4-5H2,1-3H3,(H,21,23). The van der Waals surface area contributed by atoms with E-state index in [4.69, 9.17) is 11.6 Å². The van der Waals surface area contributed by atoms with Gasteiger partial charge in [-0.05, 0) is 42.8 Å². The van der Waals surface area contributed by atoms with E-state index in [1.54, 1.807) is 38.1 Å². The molecule has 0 bridgehead atoms. The van der Waals surface area contributed by atoms with Crippen LogP contribution in [0.15, 0.2) is 53.4 Å². The molecule has 0 aromatic heterocycles. The van der Waals surface area contributed by atoms with Gasteiger partial charge < -0.3 is 5.32 Å². The summed E-state index contributed by atoms with van der Waals surface area (Å²) >= 11 is 5.99. The molecular weight excluding hydrogens is 372 g/mol. The summed E-state index contributed by atoms with van der Waals surface area (Å²) in [6.45, 7) is 6.16. The Bertz CT molecular complexity index is 880. The van der Waals surface area contributed by atoms with E-state index in [0.29, 0.717) is 23.7 Å². The minimum Gasteiger partial charge on any atom is -0.346 e. The first-order valence-electron chi connectivity index (χ1n) is 8.46. The molecule has 0 radical (unpaired) electrons. The highest BCUT2D eigenvalue weighted by atomic mass is 35.5. The quantitative estimate of drug-likeness (QED) is 0.775. The molecule has 1 N–H and O–H groups in total. The van der Waals surface area contributed by atoms with Crippen molar-refractivity contribution in [2.75, 3.05) is 13.1 Å². The number of halogens is 1. The normalized spacial score (nSPS) is 12.8.